The fraction of sp³-hybridized carbons (Fsp3) is 0.154. The Kier molecular flexibility index (Phi) is 3.72. The largest absolute Gasteiger partial charge is 0.496 e. The van der Waals surface area contributed by atoms with Gasteiger partial charge >= 0.3 is 0 Å². The molecule has 0 atom stereocenters. The number of carbonyl (C=O) groups excluding carboxylic acids is 1. The van der Waals surface area contributed by atoms with Crippen molar-refractivity contribution in [1.29, 1.82) is 0 Å². The highest BCUT2D eigenvalue weighted by molar-refractivity contribution is 7.10. The molecule has 0 N–H and O–H groups in total. The van der Waals surface area contributed by atoms with Crippen molar-refractivity contribution in [1.82, 2.24) is 0 Å². The minimum atomic E-state index is -1.05. The fourth-order valence-corrected chi connectivity index (χ4v) is 2.29. The number of benzene rings is 1. The van der Waals surface area contributed by atoms with Crippen molar-refractivity contribution in [3.05, 3.63) is 51.7 Å². The van der Waals surface area contributed by atoms with Crippen LogP contribution in [0.1, 0.15) is 15.2 Å². The number of rotatable bonds is 4. The van der Waals surface area contributed by atoms with Crippen LogP contribution in [0.4, 0.5) is 8.78 Å². The molecule has 0 fully saturated rings. The number of hydrogen-bond donors (Lipinski definition) is 0. The first-order chi connectivity index (χ1) is 8.61. The summed E-state index contributed by atoms with van der Waals surface area (Å²) in [4.78, 5) is 12.9. The lowest BCUT2D eigenvalue weighted by atomic mass is 10.1. The van der Waals surface area contributed by atoms with Gasteiger partial charge in [0, 0.05) is 17.4 Å². The summed E-state index contributed by atoms with van der Waals surface area (Å²) in [6.07, 6.45) is 0.152. The highest BCUT2D eigenvalue weighted by Gasteiger charge is 2.17. The van der Waals surface area contributed by atoms with Crippen LogP contribution < -0.4 is 4.74 Å². The van der Waals surface area contributed by atoms with Gasteiger partial charge in [-0.15, -0.1) is 11.3 Å². The first-order valence-electron chi connectivity index (χ1n) is 5.20. The number of ether oxygens (including phenoxy) is 1. The van der Waals surface area contributed by atoms with Gasteiger partial charge in [-0.3, -0.25) is 4.79 Å². The average molecular weight is 268 g/mol. The van der Waals surface area contributed by atoms with Gasteiger partial charge in [-0.05, 0) is 17.5 Å². The summed E-state index contributed by atoms with van der Waals surface area (Å²) in [7, 11) is 1.31. The Hall–Kier alpha value is -1.75. The molecule has 2 rings (SSSR count). The number of Topliss-reactive ketones (excluding diaryl/α,β-unsaturated/α-hetero) is 1. The average Bonchev–Trinajstić information content (AvgIpc) is 2.84. The molecule has 5 heteroatoms. The molecule has 0 radical (unpaired) electrons. The molecule has 94 valence electrons. The molecular formula is C13H10F2O2S. The lowest BCUT2D eigenvalue weighted by Gasteiger charge is -2.07. The highest BCUT2D eigenvalue weighted by Crippen LogP contribution is 2.24. The van der Waals surface area contributed by atoms with Crippen LogP contribution in [-0.2, 0) is 6.42 Å². The van der Waals surface area contributed by atoms with Gasteiger partial charge in [0.1, 0.15) is 5.75 Å². The first kappa shape index (κ1) is 12.7. The Morgan fingerprint density at radius 3 is 2.67 bits per heavy atom. The van der Waals surface area contributed by atoms with Crippen molar-refractivity contribution >= 4 is 17.1 Å². The van der Waals surface area contributed by atoms with Crippen LogP contribution in [0.3, 0.4) is 0 Å². The van der Waals surface area contributed by atoms with Crippen LogP contribution in [-0.4, -0.2) is 12.9 Å². The van der Waals surface area contributed by atoms with Crippen LogP contribution in [0, 0.1) is 11.6 Å². The van der Waals surface area contributed by atoms with E-state index >= 15 is 0 Å². The van der Waals surface area contributed by atoms with E-state index in [9.17, 15) is 13.6 Å². The maximum Gasteiger partial charge on any atom is 0.171 e. The number of thiophene rings is 1. The van der Waals surface area contributed by atoms with E-state index < -0.39 is 11.6 Å². The van der Waals surface area contributed by atoms with Gasteiger partial charge in [-0.1, -0.05) is 6.07 Å². The van der Waals surface area contributed by atoms with Crippen LogP contribution in [0.2, 0.25) is 0 Å². The SMILES string of the molecule is COc1cc(F)c(F)cc1C(=O)Cc1cccs1. The lowest BCUT2D eigenvalue weighted by Crippen LogP contribution is -2.06. The minimum absolute atomic E-state index is 0.0513. The molecular weight excluding hydrogens is 258 g/mol. The topological polar surface area (TPSA) is 26.3 Å². The van der Waals surface area contributed by atoms with E-state index in [0.29, 0.717) is 0 Å². The van der Waals surface area contributed by atoms with Crippen molar-refractivity contribution in [2.75, 3.05) is 7.11 Å². The molecule has 1 aromatic heterocycles. The first-order valence-corrected chi connectivity index (χ1v) is 6.08. The molecule has 0 amide bonds. The molecule has 0 unspecified atom stereocenters. The third-order valence-electron chi connectivity index (χ3n) is 2.46. The van der Waals surface area contributed by atoms with Crippen LogP contribution >= 0.6 is 11.3 Å². The molecule has 0 bridgehead atoms. The van der Waals surface area contributed by atoms with Gasteiger partial charge in [0.05, 0.1) is 12.7 Å². The van der Waals surface area contributed by atoms with Crippen LogP contribution in [0.15, 0.2) is 29.6 Å². The summed E-state index contributed by atoms with van der Waals surface area (Å²) < 4.78 is 31.1. The Balaban J connectivity index is 2.32. The van der Waals surface area contributed by atoms with Gasteiger partial charge in [0.15, 0.2) is 17.4 Å². The molecule has 0 spiro atoms. The molecule has 1 heterocycles. The van der Waals surface area contributed by atoms with Crippen molar-refractivity contribution in [2.45, 2.75) is 6.42 Å². The van der Waals surface area contributed by atoms with Crippen molar-refractivity contribution < 1.29 is 18.3 Å². The van der Waals surface area contributed by atoms with Gasteiger partial charge in [-0.2, -0.15) is 0 Å². The minimum Gasteiger partial charge on any atom is -0.496 e. The summed E-state index contributed by atoms with van der Waals surface area (Å²) in [5, 5.41) is 1.85. The second-order valence-corrected chi connectivity index (χ2v) is 4.68. The monoisotopic (exact) mass is 268 g/mol. The van der Waals surface area contributed by atoms with E-state index in [-0.39, 0.29) is 23.5 Å². The molecule has 1 aromatic carbocycles. The second-order valence-electron chi connectivity index (χ2n) is 3.65. The van der Waals surface area contributed by atoms with Gasteiger partial charge in [0.2, 0.25) is 0 Å². The van der Waals surface area contributed by atoms with E-state index in [4.69, 9.17) is 4.74 Å². The normalized spacial score (nSPS) is 10.4. The van der Waals surface area contributed by atoms with Crippen LogP contribution in [0.5, 0.6) is 5.75 Å². The molecule has 2 aromatic rings. The fourth-order valence-electron chi connectivity index (χ4n) is 1.58. The smallest absolute Gasteiger partial charge is 0.171 e. The molecule has 2 nitrogen and oxygen atoms in total. The molecule has 0 aliphatic heterocycles. The molecule has 0 saturated heterocycles. The number of carbonyl (C=O) groups is 1. The molecule has 18 heavy (non-hydrogen) atoms. The number of hydrogen-bond acceptors (Lipinski definition) is 3. The van der Waals surface area contributed by atoms with Crippen molar-refractivity contribution in [3.63, 3.8) is 0 Å². The molecule has 0 aliphatic carbocycles. The zero-order valence-electron chi connectivity index (χ0n) is 9.57. The molecule has 0 aliphatic rings. The summed E-state index contributed by atoms with van der Waals surface area (Å²) >= 11 is 1.44. The number of methoxy groups -OCH3 is 1. The maximum absolute atomic E-state index is 13.2. The third kappa shape index (κ3) is 2.56. The number of ketones is 1. The summed E-state index contributed by atoms with van der Waals surface area (Å²) in [6.45, 7) is 0. The standard InChI is InChI=1S/C13H10F2O2S/c1-17-13-7-11(15)10(14)6-9(13)12(16)5-8-3-2-4-18-8/h2-4,6-7H,5H2,1H3. The van der Waals surface area contributed by atoms with E-state index in [0.717, 1.165) is 17.0 Å². The summed E-state index contributed by atoms with van der Waals surface area (Å²) in [5.41, 5.74) is 0.0600. The second kappa shape index (κ2) is 5.27. The summed E-state index contributed by atoms with van der Waals surface area (Å²) in [5.74, 6) is -2.33. The van der Waals surface area contributed by atoms with E-state index in [1.54, 1.807) is 0 Å². The van der Waals surface area contributed by atoms with Gasteiger partial charge < -0.3 is 4.74 Å². The van der Waals surface area contributed by atoms with Crippen molar-refractivity contribution in [3.8, 4) is 5.75 Å². The lowest BCUT2D eigenvalue weighted by molar-refractivity contribution is 0.0990. The Labute approximate surface area is 107 Å². The predicted octanol–water partition coefficient (Wildman–Crippen LogP) is 3.46. The maximum atomic E-state index is 13.2. The van der Waals surface area contributed by atoms with E-state index in [1.807, 2.05) is 17.5 Å². The van der Waals surface area contributed by atoms with Gasteiger partial charge in [0.25, 0.3) is 0 Å². The quantitative estimate of drug-likeness (QED) is 0.794. The zero-order valence-corrected chi connectivity index (χ0v) is 10.4. The van der Waals surface area contributed by atoms with Gasteiger partial charge in [-0.25, -0.2) is 8.78 Å². The zero-order chi connectivity index (χ0) is 13.1. The Morgan fingerprint density at radius 2 is 2.06 bits per heavy atom. The van der Waals surface area contributed by atoms with Crippen molar-refractivity contribution in [2.24, 2.45) is 0 Å². The molecule has 0 saturated carbocycles. The van der Waals surface area contributed by atoms with E-state index in [1.165, 1.54) is 18.4 Å². The highest BCUT2D eigenvalue weighted by atomic mass is 32.1. The Morgan fingerprint density at radius 1 is 1.33 bits per heavy atom. The predicted molar refractivity (Wildman–Crippen MR) is 65.3 cm³/mol. The number of halogens is 2. The summed E-state index contributed by atoms with van der Waals surface area (Å²) in [6, 6.07) is 5.41. The Bertz CT molecular complexity index is 565. The third-order valence-corrected chi connectivity index (χ3v) is 3.33. The van der Waals surface area contributed by atoms with Crippen LogP contribution in [0.25, 0.3) is 0 Å². The van der Waals surface area contributed by atoms with E-state index in [2.05, 4.69) is 0 Å².